The van der Waals surface area contributed by atoms with E-state index in [4.69, 9.17) is 27.8 Å². The Kier molecular flexibility index (Phi) is 16.7. The molecule has 0 fully saturated rings. The van der Waals surface area contributed by atoms with Gasteiger partial charge in [0.05, 0.1) is 29.3 Å². The van der Waals surface area contributed by atoms with Crippen molar-refractivity contribution >= 4 is 52.8 Å². The molecule has 7 N–H and O–H groups in total. The number of nitrogens with two attached hydrogens (primary N) is 2. The van der Waals surface area contributed by atoms with Crippen molar-refractivity contribution < 1.29 is 46.7 Å². The SMILES string of the molecule is CC(C)(C)C(NC(=O)c1ccc(N)c(Cl)c1)C(N)=O.CCOC(=O)CN(NC(=O)Cc1cccc(C(F)(F)F)c1)C(=O)/C=C/C(=O)NCc1ccccc1. The van der Waals surface area contributed by atoms with E-state index in [0.717, 1.165) is 35.9 Å². The predicted octanol–water partition coefficient (Wildman–Crippen LogP) is 4.10. The van der Waals surface area contributed by atoms with E-state index < -0.39 is 71.7 Å². The Labute approximate surface area is 315 Å². The molecule has 3 aromatic rings. The molecule has 1 unspecified atom stereocenters. The average Bonchev–Trinajstić information content (AvgIpc) is 3.09. The van der Waals surface area contributed by atoms with Gasteiger partial charge in [0.1, 0.15) is 12.6 Å². The van der Waals surface area contributed by atoms with Crippen LogP contribution in [0.4, 0.5) is 18.9 Å². The quantitative estimate of drug-likeness (QED) is 0.0783. The van der Waals surface area contributed by atoms with E-state index in [2.05, 4.69) is 16.1 Å². The topological polar surface area (TPSA) is 203 Å². The van der Waals surface area contributed by atoms with E-state index in [0.29, 0.717) is 21.3 Å². The lowest BCUT2D eigenvalue weighted by molar-refractivity contribution is -0.151. The molecule has 0 bridgehead atoms. The van der Waals surface area contributed by atoms with Gasteiger partial charge in [-0.15, -0.1) is 0 Å². The first-order valence-corrected chi connectivity index (χ1v) is 16.7. The van der Waals surface area contributed by atoms with Crippen LogP contribution in [-0.2, 0) is 47.9 Å². The first-order valence-electron chi connectivity index (χ1n) is 16.3. The second-order valence-electron chi connectivity index (χ2n) is 12.6. The summed E-state index contributed by atoms with van der Waals surface area (Å²) in [4.78, 5) is 72.2. The zero-order valence-electron chi connectivity index (χ0n) is 30.0. The number of nitrogens with zero attached hydrogens (tertiary/aromatic N) is 1. The fourth-order valence-corrected chi connectivity index (χ4v) is 4.60. The molecule has 290 valence electrons. The number of esters is 1. The Morgan fingerprint density at radius 1 is 0.907 bits per heavy atom. The van der Waals surface area contributed by atoms with E-state index in [9.17, 15) is 41.9 Å². The summed E-state index contributed by atoms with van der Waals surface area (Å²) in [5.41, 5.74) is 13.3. The Bertz CT molecular complexity index is 1830. The zero-order valence-corrected chi connectivity index (χ0v) is 30.7. The molecule has 0 aliphatic rings. The fourth-order valence-electron chi connectivity index (χ4n) is 4.42. The van der Waals surface area contributed by atoms with Crippen molar-refractivity contribution in [3.8, 4) is 0 Å². The van der Waals surface area contributed by atoms with Gasteiger partial charge in [-0.1, -0.05) is 80.9 Å². The van der Waals surface area contributed by atoms with Crippen LogP contribution < -0.4 is 27.5 Å². The highest BCUT2D eigenvalue weighted by atomic mass is 35.5. The number of amides is 5. The van der Waals surface area contributed by atoms with Gasteiger partial charge in [-0.3, -0.25) is 34.2 Å². The van der Waals surface area contributed by atoms with Crippen molar-refractivity contribution in [2.75, 3.05) is 18.9 Å². The lowest BCUT2D eigenvalue weighted by Gasteiger charge is -2.28. The van der Waals surface area contributed by atoms with Crippen LogP contribution in [0, 0.1) is 5.41 Å². The third-order valence-electron chi connectivity index (χ3n) is 7.11. The van der Waals surface area contributed by atoms with E-state index in [-0.39, 0.29) is 18.7 Å². The lowest BCUT2D eigenvalue weighted by atomic mass is 9.86. The number of primary amides is 1. The summed E-state index contributed by atoms with van der Waals surface area (Å²) >= 11 is 5.85. The Balaban J connectivity index is 0.000000447. The molecule has 13 nitrogen and oxygen atoms in total. The molecule has 0 radical (unpaired) electrons. The summed E-state index contributed by atoms with van der Waals surface area (Å²) < 4.78 is 43.5. The van der Waals surface area contributed by atoms with Crippen LogP contribution in [0.15, 0.2) is 84.9 Å². The molecule has 3 rings (SSSR count). The molecule has 5 amide bonds. The van der Waals surface area contributed by atoms with Gasteiger partial charge in [0.15, 0.2) is 0 Å². The second-order valence-corrected chi connectivity index (χ2v) is 13.0. The maximum absolute atomic E-state index is 12.9. The van der Waals surface area contributed by atoms with E-state index in [1.54, 1.807) is 31.2 Å². The highest BCUT2D eigenvalue weighted by molar-refractivity contribution is 6.33. The predicted molar refractivity (Wildman–Crippen MR) is 195 cm³/mol. The van der Waals surface area contributed by atoms with E-state index in [1.165, 1.54) is 24.3 Å². The molecular weight excluding hydrogens is 733 g/mol. The minimum Gasteiger partial charge on any atom is -0.465 e. The number of hydrogen-bond acceptors (Lipinski definition) is 8. The van der Waals surface area contributed by atoms with Gasteiger partial charge in [0, 0.05) is 24.3 Å². The Morgan fingerprint density at radius 2 is 1.56 bits per heavy atom. The van der Waals surface area contributed by atoms with E-state index >= 15 is 0 Å². The Hall–Kier alpha value is -5.90. The molecule has 0 saturated carbocycles. The van der Waals surface area contributed by atoms with Gasteiger partial charge >= 0.3 is 12.1 Å². The number of ether oxygens (including phenoxy) is 1. The van der Waals surface area contributed by atoms with Crippen LogP contribution >= 0.6 is 11.6 Å². The van der Waals surface area contributed by atoms with Crippen molar-refractivity contribution in [3.63, 3.8) is 0 Å². The number of carbonyl (C=O) groups is 6. The first kappa shape index (κ1) is 44.3. The molecule has 0 aliphatic carbocycles. The van der Waals surface area contributed by atoms with Crippen LogP contribution in [0.25, 0.3) is 0 Å². The average molecular weight is 775 g/mol. The maximum Gasteiger partial charge on any atom is 0.416 e. The number of carbonyl (C=O) groups excluding carboxylic acids is 6. The summed E-state index contributed by atoms with van der Waals surface area (Å²) in [6.45, 7) is 6.58. The van der Waals surface area contributed by atoms with Gasteiger partial charge in [0.25, 0.3) is 11.8 Å². The number of hydrogen-bond donors (Lipinski definition) is 5. The normalized spacial score (nSPS) is 11.7. The number of nitrogens with one attached hydrogen (secondary N) is 3. The number of nitrogen functional groups attached to an aromatic ring is 1. The van der Waals surface area contributed by atoms with Crippen molar-refractivity contribution in [1.29, 1.82) is 0 Å². The zero-order chi connectivity index (χ0) is 40.6. The van der Waals surface area contributed by atoms with Crippen LogP contribution in [0.2, 0.25) is 5.02 Å². The van der Waals surface area contributed by atoms with Gasteiger partial charge in [0.2, 0.25) is 17.7 Å². The van der Waals surface area contributed by atoms with Crippen molar-refractivity contribution in [1.82, 2.24) is 21.1 Å². The molecule has 1 atom stereocenters. The van der Waals surface area contributed by atoms with Crippen molar-refractivity contribution in [2.45, 2.75) is 52.9 Å². The van der Waals surface area contributed by atoms with Gasteiger partial charge < -0.3 is 26.8 Å². The third-order valence-corrected chi connectivity index (χ3v) is 7.44. The number of benzene rings is 3. The number of rotatable bonds is 12. The highest BCUT2D eigenvalue weighted by Crippen LogP contribution is 2.29. The molecule has 3 aromatic carbocycles. The molecule has 0 saturated heterocycles. The number of halogens is 4. The maximum atomic E-state index is 12.9. The largest absolute Gasteiger partial charge is 0.465 e. The summed E-state index contributed by atoms with van der Waals surface area (Å²) in [5.74, 6) is -4.17. The van der Waals surface area contributed by atoms with Gasteiger partial charge in [-0.2, -0.15) is 13.2 Å². The summed E-state index contributed by atoms with van der Waals surface area (Å²) in [6.07, 6.45) is -3.28. The molecule has 0 spiro atoms. The highest BCUT2D eigenvalue weighted by Gasteiger charge is 2.32. The van der Waals surface area contributed by atoms with Crippen molar-refractivity contribution in [2.24, 2.45) is 11.1 Å². The lowest BCUT2D eigenvalue weighted by Crippen LogP contribution is -2.52. The monoisotopic (exact) mass is 774 g/mol. The number of alkyl halides is 3. The van der Waals surface area contributed by atoms with Crippen LogP contribution in [0.5, 0.6) is 0 Å². The summed E-state index contributed by atoms with van der Waals surface area (Å²) in [7, 11) is 0. The molecular formula is C37H42ClF3N6O7. The summed E-state index contributed by atoms with van der Waals surface area (Å²) in [5, 5.41) is 6.10. The van der Waals surface area contributed by atoms with Crippen LogP contribution in [0.1, 0.15) is 54.7 Å². The van der Waals surface area contributed by atoms with Gasteiger partial charge in [-0.25, -0.2) is 5.01 Å². The van der Waals surface area contributed by atoms with Crippen LogP contribution in [-0.4, -0.2) is 59.7 Å². The molecule has 0 aliphatic heterocycles. The minimum absolute atomic E-state index is 0.0246. The second kappa shape index (κ2) is 20.4. The molecule has 54 heavy (non-hydrogen) atoms. The fraction of sp³-hybridized carbons (Fsp3) is 0.297. The van der Waals surface area contributed by atoms with Gasteiger partial charge in [-0.05, 0) is 47.7 Å². The summed E-state index contributed by atoms with van der Waals surface area (Å²) in [6, 6.07) is 16.9. The molecule has 0 heterocycles. The Morgan fingerprint density at radius 3 is 2.13 bits per heavy atom. The smallest absolute Gasteiger partial charge is 0.416 e. The van der Waals surface area contributed by atoms with E-state index in [1.807, 2.05) is 26.8 Å². The standard InChI is InChI=1S/C24H24F3N3O5.C13H18ClN3O2/c1-2-35-23(34)16-30(22(33)12-11-20(31)28-15-17-7-4-3-5-8-17)29-21(32)14-18-9-6-10-19(13-18)24(25,26)27;1-13(2,3)10(11(16)18)17-12(19)7-4-5-9(15)8(14)6-7/h3-13H,2,14-16H2,1H3,(H,28,31)(H,29,32);4-6,10H,15H2,1-3H3,(H2,16,18)(H,17,19)/b12-11+;. The molecule has 17 heteroatoms. The number of hydrazine groups is 1. The molecule has 0 aromatic heterocycles. The third kappa shape index (κ3) is 15.4. The van der Waals surface area contributed by atoms with Crippen LogP contribution in [0.3, 0.4) is 0 Å². The van der Waals surface area contributed by atoms with Crippen molar-refractivity contribution in [3.05, 3.63) is 112 Å². The number of anilines is 1. The minimum atomic E-state index is -4.58. The first-order chi connectivity index (χ1) is 25.2.